The molecule has 34 valence electrons. The van der Waals surface area contributed by atoms with Crippen molar-refractivity contribution in [1.82, 2.24) is 0 Å². The standard InChI is InChI=1S/C3H6N2O/c1-3(2-6)4-5-3/h6H,2H2,1H3. The second-order valence-corrected chi connectivity index (χ2v) is 1.58. The Morgan fingerprint density at radius 1 is 1.67 bits per heavy atom. The van der Waals surface area contributed by atoms with E-state index in [1.807, 2.05) is 0 Å². The van der Waals surface area contributed by atoms with Gasteiger partial charge in [0.1, 0.15) is 0 Å². The number of aliphatic hydroxyl groups excluding tert-OH is 1. The van der Waals surface area contributed by atoms with E-state index in [0.717, 1.165) is 0 Å². The molecule has 0 saturated heterocycles. The lowest BCUT2D eigenvalue weighted by Crippen LogP contribution is -2.08. The van der Waals surface area contributed by atoms with Gasteiger partial charge < -0.3 is 5.11 Å². The first-order valence-corrected chi connectivity index (χ1v) is 1.82. The van der Waals surface area contributed by atoms with Crippen molar-refractivity contribution in [1.29, 1.82) is 0 Å². The molecule has 1 N–H and O–H groups in total. The van der Waals surface area contributed by atoms with Gasteiger partial charge >= 0.3 is 0 Å². The van der Waals surface area contributed by atoms with Crippen LogP contribution in [0, 0.1) is 0 Å². The molecule has 1 aliphatic rings. The minimum Gasteiger partial charge on any atom is -0.392 e. The molecular weight excluding hydrogens is 80.0 g/mol. The van der Waals surface area contributed by atoms with E-state index >= 15 is 0 Å². The molecule has 0 aromatic heterocycles. The SMILES string of the molecule is CC1(CO)N=N1. The predicted molar refractivity (Wildman–Crippen MR) is 20.3 cm³/mol. The second-order valence-electron chi connectivity index (χ2n) is 1.58. The number of aliphatic hydroxyl groups is 1. The van der Waals surface area contributed by atoms with Gasteiger partial charge in [-0.15, -0.1) is 0 Å². The fourth-order valence-electron chi connectivity index (χ4n) is 0.149. The van der Waals surface area contributed by atoms with Gasteiger partial charge in [-0.1, -0.05) is 0 Å². The van der Waals surface area contributed by atoms with Gasteiger partial charge in [0.05, 0.1) is 6.61 Å². The van der Waals surface area contributed by atoms with Crippen molar-refractivity contribution in [2.24, 2.45) is 10.2 Å². The van der Waals surface area contributed by atoms with Crippen LogP contribution in [0.25, 0.3) is 0 Å². The third-order valence-electron chi connectivity index (χ3n) is 0.741. The van der Waals surface area contributed by atoms with Crippen LogP contribution in [0.1, 0.15) is 6.92 Å². The smallest absolute Gasteiger partial charge is 0.210 e. The van der Waals surface area contributed by atoms with Crippen LogP contribution in [0.4, 0.5) is 0 Å². The molecule has 0 aromatic rings. The Labute approximate surface area is 35.7 Å². The van der Waals surface area contributed by atoms with Crippen molar-refractivity contribution < 1.29 is 5.11 Å². The lowest BCUT2D eigenvalue weighted by Gasteiger charge is -1.89. The van der Waals surface area contributed by atoms with Crippen molar-refractivity contribution in [2.45, 2.75) is 12.6 Å². The molecule has 0 atom stereocenters. The highest BCUT2D eigenvalue weighted by molar-refractivity contribution is 4.86. The topological polar surface area (TPSA) is 45.0 Å². The van der Waals surface area contributed by atoms with E-state index in [4.69, 9.17) is 5.11 Å². The van der Waals surface area contributed by atoms with Gasteiger partial charge in [0, 0.05) is 0 Å². The van der Waals surface area contributed by atoms with Crippen LogP contribution in [-0.4, -0.2) is 17.4 Å². The molecule has 0 unspecified atom stereocenters. The monoisotopic (exact) mass is 86.0 g/mol. The van der Waals surface area contributed by atoms with E-state index in [2.05, 4.69) is 10.2 Å². The zero-order valence-electron chi connectivity index (χ0n) is 3.55. The summed E-state index contributed by atoms with van der Waals surface area (Å²) in [6, 6.07) is 0. The average molecular weight is 86.1 g/mol. The quantitative estimate of drug-likeness (QED) is 0.485. The Hall–Kier alpha value is -0.440. The first-order chi connectivity index (χ1) is 2.77. The average Bonchev–Trinajstić information content (AvgIpc) is 2.22. The molecule has 3 nitrogen and oxygen atoms in total. The largest absolute Gasteiger partial charge is 0.392 e. The maximum Gasteiger partial charge on any atom is 0.210 e. The Bertz CT molecular complexity index is 82.8. The summed E-state index contributed by atoms with van der Waals surface area (Å²) >= 11 is 0. The molecule has 6 heavy (non-hydrogen) atoms. The summed E-state index contributed by atoms with van der Waals surface area (Å²) < 4.78 is 0. The van der Waals surface area contributed by atoms with Crippen LogP contribution in [0.3, 0.4) is 0 Å². The van der Waals surface area contributed by atoms with Gasteiger partial charge in [0.25, 0.3) is 0 Å². The Morgan fingerprint density at radius 3 is 2.17 bits per heavy atom. The molecular formula is C3H6N2O. The first-order valence-electron chi connectivity index (χ1n) is 1.82. The van der Waals surface area contributed by atoms with Crippen LogP contribution in [-0.2, 0) is 0 Å². The van der Waals surface area contributed by atoms with Crippen LogP contribution < -0.4 is 0 Å². The number of nitrogens with zero attached hydrogens (tertiary/aromatic N) is 2. The molecule has 0 saturated carbocycles. The van der Waals surface area contributed by atoms with E-state index < -0.39 is 5.66 Å². The summed E-state index contributed by atoms with van der Waals surface area (Å²) in [4.78, 5) is 0. The minimum atomic E-state index is -0.403. The summed E-state index contributed by atoms with van der Waals surface area (Å²) in [7, 11) is 0. The highest BCUT2D eigenvalue weighted by Gasteiger charge is 2.32. The Morgan fingerprint density at radius 2 is 2.17 bits per heavy atom. The molecule has 1 rings (SSSR count). The fraction of sp³-hybridized carbons (Fsp3) is 1.00. The molecule has 3 heteroatoms. The van der Waals surface area contributed by atoms with E-state index in [-0.39, 0.29) is 6.61 Å². The molecule has 0 radical (unpaired) electrons. The van der Waals surface area contributed by atoms with Crippen LogP contribution >= 0.6 is 0 Å². The van der Waals surface area contributed by atoms with Gasteiger partial charge in [-0.25, -0.2) is 0 Å². The highest BCUT2D eigenvalue weighted by atomic mass is 16.3. The van der Waals surface area contributed by atoms with Crippen LogP contribution in [0.15, 0.2) is 10.2 Å². The molecule has 0 bridgehead atoms. The molecule has 0 spiro atoms. The van der Waals surface area contributed by atoms with E-state index in [1.165, 1.54) is 0 Å². The maximum atomic E-state index is 8.28. The summed E-state index contributed by atoms with van der Waals surface area (Å²) in [6.45, 7) is 1.82. The first kappa shape index (κ1) is 3.74. The van der Waals surface area contributed by atoms with Gasteiger partial charge in [-0.05, 0) is 6.92 Å². The van der Waals surface area contributed by atoms with Crippen LogP contribution in [0.2, 0.25) is 0 Å². The minimum absolute atomic E-state index is 0.0486. The lowest BCUT2D eigenvalue weighted by atomic mass is 10.3. The molecule has 0 aliphatic carbocycles. The second kappa shape index (κ2) is 0.789. The highest BCUT2D eigenvalue weighted by Crippen LogP contribution is 2.24. The van der Waals surface area contributed by atoms with Gasteiger partial charge in [-0.2, -0.15) is 10.2 Å². The third-order valence-corrected chi connectivity index (χ3v) is 0.741. The van der Waals surface area contributed by atoms with Gasteiger partial charge in [-0.3, -0.25) is 0 Å². The van der Waals surface area contributed by atoms with Gasteiger partial charge in [0.2, 0.25) is 5.66 Å². The summed E-state index contributed by atoms with van der Waals surface area (Å²) in [6.07, 6.45) is 0. The van der Waals surface area contributed by atoms with Crippen LogP contribution in [0.5, 0.6) is 0 Å². The van der Waals surface area contributed by atoms with E-state index in [0.29, 0.717) is 0 Å². The molecule has 1 aliphatic heterocycles. The van der Waals surface area contributed by atoms with Crippen molar-refractivity contribution in [3.8, 4) is 0 Å². The molecule has 0 fully saturated rings. The van der Waals surface area contributed by atoms with Crippen molar-refractivity contribution in [2.75, 3.05) is 6.61 Å². The van der Waals surface area contributed by atoms with Crippen molar-refractivity contribution >= 4 is 0 Å². The summed E-state index contributed by atoms with van der Waals surface area (Å²) in [5.74, 6) is 0. The van der Waals surface area contributed by atoms with Gasteiger partial charge in [0.15, 0.2) is 0 Å². The molecule has 0 aromatic carbocycles. The maximum absolute atomic E-state index is 8.28. The zero-order chi connectivity index (χ0) is 4.62. The van der Waals surface area contributed by atoms with Crippen molar-refractivity contribution in [3.63, 3.8) is 0 Å². The van der Waals surface area contributed by atoms with Crippen molar-refractivity contribution in [3.05, 3.63) is 0 Å². The fourth-order valence-corrected chi connectivity index (χ4v) is 0.149. The Kier molecular flexibility index (Phi) is 0.492. The lowest BCUT2D eigenvalue weighted by molar-refractivity contribution is 0.254. The number of hydrogen-bond acceptors (Lipinski definition) is 3. The Balaban J connectivity index is 2.32. The zero-order valence-corrected chi connectivity index (χ0v) is 3.55. The normalized spacial score (nSPS) is 24.3. The molecule has 0 amide bonds. The predicted octanol–water partition coefficient (Wildman–Crippen LogP) is 0.161. The molecule has 1 heterocycles. The number of rotatable bonds is 1. The summed E-state index contributed by atoms with van der Waals surface area (Å²) in [5, 5.41) is 15.3. The summed E-state index contributed by atoms with van der Waals surface area (Å²) in [5.41, 5.74) is -0.403. The third kappa shape index (κ3) is 0.408. The number of hydrogen-bond donors (Lipinski definition) is 1. The van der Waals surface area contributed by atoms with E-state index in [1.54, 1.807) is 6.92 Å². The van der Waals surface area contributed by atoms with E-state index in [9.17, 15) is 0 Å².